The molecule has 0 aliphatic heterocycles. The third kappa shape index (κ3) is 12.8. The summed E-state index contributed by atoms with van der Waals surface area (Å²) < 4.78 is 0.453. The van der Waals surface area contributed by atoms with E-state index in [0.29, 0.717) is 16.2 Å². The van der Waals surface area contributed by atoms with E-state index in [2.05, 4.69) is 47.7 Å². The maximum absolute atomic E-state index is 11.3. The summed E-state index contributed by atoms with van der Waals surface area (Å²) in [7, 11) is 0. The van der Waals surface area contributed by atoms with Crippen molar-refractivity contribution in [1.82, 2.24) is 35.5 Å². The van der Waals surface area contributed by atoms with Gasteiger partial charge in [0.1, 0.15) is 0 Å². The Morgan fingerprint density at radius 3 is 1.89 bits per heavy atom. The Bertz CT molecular complexity index is 1260. The number of nitrogens with one attached hydrogen (secondary N) is 3. The number of hydrogen-bond acceptors (Lipinski definition) is 9. The number of aromatic amines is 2. The molecule has 36 heavy (non-hydrogen) atoms. The minimum atomic E-state index is -0.942. The average Bonchev–Trinajstić information content (AvgIpc) is 3.31. The van der Waals surface area contributed by atoms with E-state index in [1.807, 2.05) is 12.1 Å². The van der Waals surface area contributed by atoms with E-state index in [0.717, 1.165) is 5.56 Å². The summed E-state index contributed by atoms with van der Waals surface area (Å²) in [6, 6.07) is 10.2. The summed E-state index contributed by atoms with van der Waals surface area (Å²) in [4.78, 5) is 37.1. The van der Waals surface area contributed by atoms with Gasteiger partial charge in [-0.05, 0) is 48.6 Å². The van der Waals surface area contributed by atoms with Gasteiger partial charge in [-0.15, -0.1) is 0 Å². The molecule has 15 heteroatoms. The molecular weight excluding hydrogens is 532 g/mol. The van der Waals surface area contributed by atoms with E-state index in [9.17, 15) is 9.59 Å². The van der Waals surface area contributed by atoms with Crippen LogP contribution in [0.1, 0.15) is 20.7 Å². The van der Waals surface area contributed by atoms with Crippen LogP contribution in [-0.4, -0.2) is 64.1 Å². The second kappa shape index (κ2) is 18.5. The first-order valence-electron chi connectivity index (χ1n) is 9.51. The molecule has 0 radical (unpaired) electrons. The fraction of sp³-hybridized carbons (Fsp3) is 0.0476. The number of amides is 1. The number of thiocarbonyl (C=S) groups is 1. The summed E-state index contributed by atoms with van der Waals surface area (Å²) in [6.07, 6.45) is 9.36. The number of carboxylic acid groups (broad SMARTS) is 1. The van der Waals surface area contributed by atoms with Crippen molar-refractivity contribution in [2.75, 3.05) is 6.54 Å². The van der Waals surface area contributed by atoms with Gasteiger partial charge in [0, 0.05) is 42.7 Å². The van der Waals surface area contributed by atoms with E-state index in [1.165, 1.54) is 24.7 Å². The predicted octanol–water partition coefficient (Wildman–Crippen LogP) is -0.766. The Labute approximate surface area is 258 Å². The molecule has 0 saturated heterocycles. The number of hydrogen-bond donors (Lipinski definition) is 5. The van der Waals surface area contributed by atoms with Gasteiger partial charge in [0.05, 0.1) is 22.7 Å². The minimum Gasteiger partial charge on any atom is -0.870 e. The monoisotopic (exact) mass is 552 g/mol. The van der Waals surface area contributed by atoms with Crippen LogP contribution in [0.15, 0.2) is 73.6 Å². The average molecular weight is 553 g/mol. The molecule has 182 valence electrons. The molecule has 7 N–H and O–H groups in total. The van der Waals surface area contributed by atoms with Gasteiger partial charge in [0.25, 0.3) is 5.91 Å². The van der Waals surface area contributed by atoms with E-state index in [4.69, 9.17) is 23.1 Å². The molecule has 1 amide bonds. The van der Waals surface area contributed by atoms with Crippen LogP contribution >= 0.6 is 24.4 Å². The van der Waals surface area contributed by atoms with Crippen LogP contribution in [0.5, 0.6) is 0 Å². The van der Waals surface area contributed by atoms with Crippen molar-refractivity contribution in [1.29, 1.82) is 0 Å². The normalized spacial score (nSPS) is 8.89. The van der Waals surface area contributed by atoms with Gasteiger partial charge in [-0.2, -0.15) is 4.98 Å². The van der Waals surface area contributed by atoms with Crippen molar-refractivity contribution in [2.45, 2.75) is 0 Å². The summed E-state index contributed by atoms with van der Waals surface area (Å²) in [5, 5.41) is 16.5. The van der Waals surface area contributed by atoms with Gasteiger partial charge < -0.3 is 21.6 Å². The molecule has 0 aliphatic rings. The molecule has 0 aromatic carbocycles. The molecule has 0 bridgehead atoms. The fourth-order valence-corrected chi connectivity index (χ4v) is 2.38. The predicted molar refractivity (Wildman–Crippen MR) is 133 cm³/mol. The number of carbonyl (C=O) groups excluding carboxylic acids is 1. The Morgan fingerprint density at radius 1 is 0.944 bits per heavy atom. The van der Waals surface area contributed by atoms with Crippen LogP contribution in [0, 0.1) is 4.77 Å². The summed E-state index contributed by atoms with van der Waals surface area (Å²) in [5.41, 5.74) is 6.86. The number of nitrogens with two attached hydrogens (primary N) is 1. The van der Waals surface area contributed by atoms with E-state index in [1.54, 1.807) is 36.8 Å². The molecule has 0 saturated carbocycles. The van der Waals surface area contributed by atoms with Crippen LogP contribution in [0.4, 0.5) is 0 Å². The Hall–Kier alpha value is -2.76. The van der Waals surface area contributed by atoms with Crippen molar-refractivity contribution in [3.8, 4) is 11.4 Å². The molecule has 4 rings (SSSR count). The van der Waals surface area contributed by atoms with Crippen LogP contribution in [0.25, 0.3) is 11.4 Å². The fourth-order valence-electron chi connectivity index (χ4n) is 2.17. The van der Waals surface area contributed by atoms with Gasteiger partial charge >= 0.3 is 57.4 Å². The molecular formula is C21H21KN8O4S2. The van der Waals surface area contributed by atoms with Crippen molar-refractivity contribution >= 4 is 41.3 Å². The van der Waals surface area contributed by atoms with Gasteiger partial charge in [-0.3, -0.25) is 29.9 Å². The van der Waals surface area contributed by atoms with Crippen molar-refractivity contribution in [3.05, 3.63) is 89.5 Å². The quantitative estimate of drug-likeness (QED) is 0.153. The Morgan fingerprint density at radius 2 is 1.50 bits per heavy atom. The summed E-state index contributed by atoms with van der Waals surface area (Å²) in [5.74, 6) is -0.447. The maximum Gasteiger partial charge on any atom is 1.00 e. The molecule has 4 aromatic rings. The van der Waals surface area contributed by atoms with E-state index < -0.39 is 5.97 Å². The first-order chi connectivity index (χ1) is 16.4. The zero-order valence-corrected chi connectivity index (χ0v) is 23.8. The number of nitrogens with zero attached hydrogens (tertiary/aromatic N) is 4. The third-order valence-electron chi connectivity index (χ3n) is 3.69. The number of rotatable bonds is 5. The molecule has 12 nitrogen and oxygen atoms in total. The van der Waals surface area contributed by atoms with Crippen molar-refractivity contribution in [2.24, 2.45) is 5.73 Å². The molecule has 4 heterocycles. The second-order valence-corrected chi connectivity index (χ2v) is 7.11. The number of pyridine rings is 3. The van der Waals surface area contributed by atoms with Gasteiger partial charge in [-0.1, -0.05) is 12.2 Å². The topological polar surface area (TPSA) is 206 Å². The van der Waals surface area contributed by atoms with Gasteiger partial charge in [0.2, 0.25) is 4.77 Å². The number of aromatic nitrogens is 6. The number of carbonyl (C=O) groups is 2. The molecule has 0 unspecified atom stereocenters. The van der Waals surface area contributed by atoms with Gasteiger partial charge in [-0.25, -0.2) is 4.79 Å². The number of carboxylic acids is 1. The first kappa shape index (κ1) is 33.2. The van der Waals surface area contributed by atoms with E-state index in [-0.39, 0.29) is 79.9 Å². The first-order valence-corrected chi connectivity index (χ1v) is 10.3. The van der Waals surface area contributed by atoms with Crippen LogP contribution in [0.2, 0.25) is 0 Å². The zero-order valence-electron chi connectivity index (χ0n) is 19.0. The molecule has 4 aromatic heterocycles. The summed E-state index contributed by atoms with van der Waals surface area (Å²) in [6.45, 7) is 0.211. The van der Waals surface area contributed by atoms with Gasteiger partial charge in [0.15, 0.2) is 5.82 Å². The number of H-pyrrole nitrogens is 2. The Kier molecular flexibility index (Phi) is 17.1. The second-order valence-electron chi connectivity index (χ2n) is 6.19. The largest absolute Gasteiger partial charge is 1.00 e. The minimum absolute atomic E-state index is 0. The van der Waals surface area contributed by atoms with Crippen molar-refractivity contribution < 1.29 is 71.6 Å². The molecule has 0 fully saturated rings. The van der Waals surface area contributed by atoms with Crippen molar-refractivity contribution in [3.63, 3.8) is 0 Å². The Balaban J connectivity index is 0.000000504. The molecule has 0 spiro atoms. The summed E-state index contributed by atoms with van der Waals surface area (Å²) >= 11 is 9.43. The SMILES string of the molecule is NC(=S)CNC(=O)c1cccnc1.O=C(O)c1cccnc1.S=c1nc(-c2cccnc2)[nH][nH]1.[K+].[OH-]. The van der Waals surface area contributed by atoms with Crippen LogP contribution < -0.4 is 62.4 Å². The standard InChI is InChI=1S/C8H9N3OS.C7H6N4S.C6H5NO2.K.H2O/c9-7(13)5-11-8(12)6-2-1-3-10-4-6;12-7-9-6(10-11-7)5-2-1-3-8-4-5;8-6(9)5-2-1-3-7-4-5;;/h1-4H,5H2,(H2,9,13)(H,11,12);1-4H,(H2,9,10,11,12);1-4H,(H,8,9);;1H2/q;;;+1;/p-1. The van der Waals surface area contributed by atoms with Crippen LogP contribution in [0.3, 0.4) is 0 Å². The third-order valence-corrected chi connectivity index (χ3v) is 4.03. The molecule has 0 aliphatic carbocycles. The van der Waals surface area contributed by atoms with E-state index >= 15 is 0 Å². The number of aromatic carboxylic acids is 1. The van der Waals surface area contributed by atoms with Crippen LogP contribution in [-0.2, 0) is 0 Å². The zero-order chi connectivity index (χ0) is 24.8. The molecule has 0 atom stereocenters. The maximum atomic E-state index is 11.3. The smallest absolute Gasteiger partial charge is 0.870 e.